The molecule has 2 aromatic heterocycles. The maximum Gasteiger partial charge on any atom is 0.169 e. The molecule has 0 amide bonds. The fraction of sp³-hybridized carbons (Fsp3) is 0.143. The fourth-order valence-electron chi connectivity index (χ4n) is 2.90. The van der Waals surface area contributed by atoms with Crippen molar-refractivity contribution in [1.29, 1.82) is 0 Å². The Balaban J connectivity index is 1.62. The number of methoxy groups -OCH3 is 1. The first kappa shape index (κ1) is 17.5. The van der Waals surface area contributed by atoms with Crippen LogP contribution in [0.15, 0.2) is 72.1 Å². The monoisotopic (exact) mass is 379 g/mol. The van der Waals surface area contributed by atoms with Gasteiger partial charge in [0, 0.05) is 11.9 Å². The molecule has 0 aliphatic heterocycles. The number of benzene rings is 2. The number of rotatable bonds is 6. The number of hydrogen-bond acceptors (Lipinski definition) is 4. The summed E-state index contributed by atoms with van der Waals surface area (Å²) in [6, 6.07) is 16.6. The highest BCUT2D eigenvalue weighted by Gasteiger charge is 2.12. The van der Waals surface area contributed by atoms with Gasteiger partial charge in [0.15, 0.2) is 5.16 Å². The molecule has 136 valence electrons. The van der Waals surface area contributed by atoms with Crippen LogP contribution in [0.25, 0.3) is 11.0 Å². The zero-order valence-electron chi connectivity index (χ0n) is 14.8. The minimum absolute atomic E-state index is 0.234. The molecule has 0 fully saturated rings. The molecule has 0 atom stereocenters. The number of fused-ring (bicyclic) bond motifs is 1. The van der Waals surface area contributed by atoms with Crippen LogP contribution < -0.4 is 4.74 Å². The Bertz CT molecular complexity index is 1060. The van der Waals surface area contributed by atoms with Crippen molar-refractivity contribution in [3.8, 4) is 5.75 Å². The van der Waals surface area contributed by atoms with E-state index < -0.39 is 0 Å². The zero-order chi connectivity index (χ0) is 18.6. The predicted octanol–water partition coefficient (Wildman–Crippen LogP) is 4.92. The second-order valence-corrected chi connectivity index (χ2v) is 7.05. The summed E-state index contributed by atoms with van der Waals surface area (Å²) in [5.74, 6) is 1.39. The quantitative estimate of drug-likeness (QED) is 0.446. The summed E-state index contributed by atoms with van der Waals surface area (Å²) in [5.41, 5.74) is 3.91. The van der Waals surface area contributed by atoms with E-state index in [2.05, 4.69) is 9.55 Å². The lowest BCUT2D eigenvalue weighted by molar-refractivity contribution is 0.414. The Morgan fingerprint density at radius 3 is 2.70 bits per heavy atom. The third kappa shape index (κ3) is 3.95. The third-order valence-electron chi connectivity index (χ3n) is 4.27. The molecule has 0 bridgehead atoms. The summed E-state index contributed by atoms with van der Waals surface area (Å²) in [6.45, 7) is 0.547. The van der Waals surface area contributed by atoms with Crippen LogP contribution in [-0.2, 0) is 12.3 Å². The van der Waals surface area contributed by atoms with E-state index in [0.29, 0.717) is 6.54 Å². The van der Waals surface area contributed by atoms with E-state index in [1.165, 1.54) is 11.6 Å². The number of ether oxygens (including phenoxy) is 1. The van der Waals surface area contributed by atoms with Gasteiger partial charge in [-0.05, 0) is 41.5 Å². The minimum atomic E-state index is -0.234. The number of hydrogen-bond donors (Lipinski definition) is 0. The SMILES string of the molecule is COc1ccc(CSc2nc3ccncc3n2Cc2cccc(F)c2)cc1. The van der Waals surface area contributed by atoms with Crippen LogP contribution in [-0.4, -0.2) is 21.6 Å². The number of halogens is 1. The molecule has 0 aliphatic carbocycles. The van der Waals surface area contributed by atoms with E-state index >= 15 is 0 Å². The maximum atomic E-state index is 13.6. The Morgan fingerprint density at radius 2 is 1.93 bits per heavy atom. The Morgan fingerprint density at radius 1 is 1.07 bits per heavy atom. The van der Waals surface area contributed by atoms with Gasteiger partial charge in [0.25, 0.3) is 0 Å². The van der Waals surface area contributed by atoms with Crippen LogP contribution in [0.3, 0.4) is 0 Å². The first-order valence-electron chi connectivity index (χ1n) is 8.53. The fourth-order valence-corrected chi connectivity index (χ4v) is 3.87. The second kappa shape index (κ2) is 7.80. The molecular weight excluding hydrogens is 361 g/mol. The van der Waals surface area contributed by atoms with Crippen LogP contribution >= 0.6 is 11.8 Å². The average molecular weight is 379 g/mol. The smallest absolute Gasteiger partial charge is 0.169 e. The highest BCUT2D eigenvalue weighted by molar-refractivity contribution is 7.98. The topological polar surface area (TPSA) is 39.9 Å². The van der Waals surface area contributed by atoms with Gasteiger partial charge in [-0.2, -0.15) is 0 Å². The lowest BCUT2D eigenvalue weighted by Gasteiger charge is -2.09. The summed E-state index contributed by atoms with van der Waals surface area (Å²) in [6.07, 6.45) is 3.54. The molecule has 4 aromatic rings. The van der Waals surface area contributed by atoms with Crippen molar-refractivity contribution >= 4 is 22.8 Å². The number of nitrogens with zero attached hydrogens (tertiary/aromatic N) is 3. The molecule has 4 nitrogen and oxygen atoms in total. The molecule has 27 heavy (non-hydrogen) atoms. The highest BCUT2D eigenvalue weighted by atomic mass is 32.2. The molecule has 4 rings (SSSR count). The van der Waals surface area contributed by atoms with Crippen LogP contribution in [0, 0.1) is 5.82 Å². The molecule has 0 spiro atoms. The predicted molar refractivity (Wildman–Crippen MR) is 106 cm³/mol. The van der Waals surface area contributed by atoms with Gasteiger partial charge < -0.3 is 9.30 Å². The lowest BCUT2D eigenvalue weighted by atomic mass is 10.2. The van der Waals surface area contributed by atoms with Crippen LogP contribution in [0.2, 0.25) is 0 Å². The number of pyridine rings is 1. The molecule has 0 N–H and O–H groups in total. The Kier molecular flexibility index (Phi) is 5.07. The van der Waals surface area contributed by atoms with E-state index in [0.717, 1.165) is 33.3 Å². The van der Waals surface area contributed by atoms with Crippen LogP contribution in [0.1, 0.15) is 11.1 Å². The molecular formula is C21H18FN3OS. The van der Waals surface area contributed by atoms with Gasteiger partial charge in [0.2, 0.25) is 0 Å². The van der Waals surface area contributed by atoms with Gasteiger partial charge in [-0.25, -0.2) is 9.37 Å². The summed E-state index contributed by atoms with van der Waals surface area (Å²) < 4.78 is 20.9. The van der Waals surface area contributed by atoms with Crippen molar-refractivity contribution in [2.45, 2.75) is 17.5 Å². The van der Waals surface area contributed by atoms with E-state index in [9.17, 15) is 4.39 Å². The first-order chi connectivity index (χ1) is 13.2. The van der Waals surface area contributed by atoms with Crippen molar-refractivity contribution in [2.24, 2.45) is 0 Å². The molecule has 0 saturated heterocycles. The maximum absolute atomic E-state index is 13.6. The zero-order valence-corrected chi connectivity index (χ0v) is 15.6. The lowest BCUT2D eigenvalue weighted by Crippen LogP contribution is -2.02. The van der Waals surface area contributed by atoms with Gasteiger partial charge >= 0.3 is 0 Å². The summed E-state index contributed by atoms with van der Waals surface area (Å²) >= 11 is 1.65. The molecule has 0 saturated carbocycles. The molecule has 0 unspecified atom stereocenters. The van der Waals surface area contributed by atoms with Crippen LogP contribution in [0.4, 0.5) is 4.39 Å². The standard InChI is InChI=1S/C21H18FN3OS/c1-26-18-7-5-15(6-8-18)14-27-21-24-19-9-10-23-12-20(19)25(21)13-16-3-2-4-17(22)11-16/h2-12H,13-14H2,1H3. The molecule has 6 heteroatoms. The third-order valence-corrected chi connectivity index (χ3v) is 5.32. The van der Waals surface area contributed by atoms with Gasteiger partial charge in [-0.1, -0.05) is 36.0 Å². The molecule has 2 aromatic carbocycles. The van der Waals surface area contributed by atoms with Crippen molar-refractivity contribution in [1.82, 2.24) is 14.5 Å². The van der Waals surface area contributed by atoms with Crippen molar-refractivity contribution < 1.29 is 9.13 Å². The number of aromatic nitrogens is 3. The van der Waals surface area contributed by atoms with E-state index in [1.54, 1.807) is 43.4 Å². The van der Waals surface area contributed by atoms with E-state index in [1.807, 2.05) is 36.4 Å². The summed E-state index contributed by atoms with van der Waals surface area (Å²) in [5, 5.41) is 0.887. The number of thioether (sulfide) groups is 1. The highest BCUT2D eigenvalue weighted by Crippen LogP contribution is 2.28. The normalized spacial score (nSPS) is 11.0. The second-order valence-electron chi connectivity index (χ2n) is 6.11. The first-order valence-corrected chi connectivity index (χ1v) is 9.52. The Labute approximate surface area is 161 Å². The van der Waals surface area contributed by atoms with Crippen molar-refractivity contribution in [3.63, 3.8) is 0 Å². The van der Waals surface area contributed by atoms with E-state index in [4.69, 9.17) is 9.72 Å². The van der Waals surface area contributed by atoms with Crippen LogP contribution in [0.5, 0.6) is 5.75 Å². The molecule has 0 aliphatic rings. The minimum Gasteiger partial charge on any atom is -0.497 e. The van der Waals surface area contributed by atoms with Crippen molar-refractivity contribution in [2.75, 3.05) is 7.11 Å². The van der Waals surface area contributed by atoms with Gasteiger partial charge in [-0.3, -0.25) is 4.98 Å². The van der Waals surface area contributed by atoms with E-state index in [-0.39, 0.29) is 5.82 Å². The Hall–Kier alpha value is -2.86. The van der Waals surface area contributed by atoms with Gasteiger partial charge in [-0.15, -0.1) is 0 Å². The van der Waals surface area contributed by atoms with Gasteiger partial charge in [0.1, 0.15) is 11.6 Å². The summed E-state index contributed by atoms with van der Waals surface area (Å²) in [4.78, 5) is 8.97. The average Bonchev–Trinajstić information content (AvgIpc) is 3.04. The largest absolute Gasteiger partial charge is 0.497 e. The van der Waals surface area contributed by atoms with Crippen molar-refractivity contribution in [3.05, 3.63) is 83.9 Å². The number of imidazole rings is 1. The van der Waals surface area contributed by atoms with Gasteiger partial charge in [0.05, 0.1) is 30.9 Å². The molecule has 2 heterocycles. The molecule has 0 radical (unpaired) electrons. The summed E-state index contributed by atoms with van der Waals surface area (Å²) in [7, 11) is 1.66.